The number of rotatable bonds is 8. The quantitative estimate of drug-likeness (QED) is 0.183. The Bertz CT molecular complexity index is 1570. The molecule has 9 nitrogen and oxygen atoms in total. The summed E-state index contributed by atoms with van der Waals surface area (Å²) < 4.78 is 10.7. The standard InChI is InChI=1S/C33H33N3O6/c1-33(2,3)41-32(39)42-36-35-30(37)29(19-21-16-17-22-10-4-5-11-23(22)18-21)34-31(38)40-20-28-26-14-8-6-12-24(26)25-13-7-9-15-27(25)28/h4-18,28-29,36H,19-20H2,1-3H3,(H,34,38)(H,35,37)/t29-/m0/s1. The minimum atomic E-state index is -1.04. The van der Waals surface area contributed by atoms with Gasteiger partial charge in [0.25, 0.3) is 5.91 Å². The van der Waals surface area contributed by atoms with Crippen LogP contribution in [0.5, 0.6) is 0 Å². The normalized spacial score (nSPS) is 13.0. The summed E-state index contributed by atoms with van der Waals surface area (Å²) in [6, 6.07) is 28.7. The molecule has 4 aromatic rings. The number of hydrazine groups is 1. The van der Waals surface area contributed by atoms with E-state index in [1.54, 1.807) is 20.8 Å². The molecule has 0 saturated carbocycles. The lowest BCUT2D eigenvalue weighted by Gasteiger charge is -2.21. The van der Waals surface area contributed by atoms with Gasteiger partial charge in [0.05, 0.1) is 0 Å². The summed E-state index contributed by atoms with van der Waals surface area (Å²) in [5, 5.41) is 4.73. The average Bonchev–Trinajstić information content (AvgIpc) is 3.28. The van der Waals surface area contributed by atoms with Gasteiger partial charge >= 0.3 is 12.2 Å². The molecule has 5 rings (SSSR count). The van der Waals surface area contributed by atoms with E-state index in [1.807, 2.05) is 78.9 Å². The number of hydrogen-bond acceptors (Lipinski definition) is 7. The number of alkyl carbamates (subject to hydrolysis) is 1. The van der Waals surface area contributed by atoms with Crippen molar-refractivity contribution in [3.05, 3.63) is 108 Å². The third-order valence-electron chi connectivity index (χ3n) is 6.90. The number of hydrogen-bond donors (Lipinski definition) is 3. The van der Waals surface area contributed by atoms with E-state index in [9.17, 15) is 14.4 Å². The molecule has 2 amide bonds. The van der Waals surface area contributed by atoms with Gasteiger partial charge in [0.15, 0.2) is 0 Å². The fraction of sp³-hybridized carbons (Fsp3) is 0.242. The highest BCUT2D eigenvalue weighted by atomic mass is 16.8. The number of nitrogens with one attached hydrogen (secondary N) is 3. The second-order valence-corrected chi connectivity index (χ2v) is 11.1. The Morgan fingerprint density at radius 1 is 0.810 bits per heavy atom. The fourth-order valence-corrected chi connectivity index (χ4v) is 5.07. The summed E-state index contributed by atoms with van der Waals surface area (Å²) in [6.07, 6.45) is -1.60. The second-order valence-electron chi connectivity index (χ2n) is 11.1. The first-order valence-corrected chi connectivity index (χ1v) is 13.7. The van der Waals surface area contributed by atoms with E-state index in [-0.39, 0.29) is 18.9 Å². The van der Waals surface area contributed by atoms with Crippen LogP contribution < -0.4 is 16.3 Å². The number of carbonyl (C=O) groups is 3. The van der Waals surface area contributed by atoms with Crippen LogP contribution in [0, 0.1) is 0 Å². The Kier molecular flexibility index (Phi) is 8.40. The summed E-state index contributed by atoms with van der Waals surface area (Å²) in [7, 11) is 0. The average molecular weight is 568 g/mol. The molecule has 0 aromatic heterocycles. The van der Waals surface area contributed by atoms with Crippen molar-refractivity contribution in [3.8, 4) is 11.1 Å². The van der Waals surface area contributed by atoms with Crippen molar-refractivity contribution in [3.63, 3.8) is 0 Å². The van der Waals surface area contributed by atoms with Gasteiger partial charge in [-0.25, -0.2) is 9.59 Å². The molecule has 0 saturated heterocycles. The first-order chi connectivity index (χ1) is 20.2. The van der Waals surface area contributed by atoms with Crippen LogP contribution in [0.15, 0.2) is 91.0 Å². The molecule has 42 heavy (non-hydrogen) atoms. The summed E-state index contributed by atoms with van der Waals surface area (Å²) in [6.45, 7) is 5.16. The van der Waals surface area contributed by atoms with Crippen molar-refractivity contribution < 1.29 is 28.7 Å². The minimum Gasteiger partial charge on any atom is -0.449 e. The van der Waals surface area contributed by atoms with Crippen LogP contribution >= 0.6 is 0 Å². The summed E-state index contributed by atoms with van der Waals surface area (Å²) >= 11 is 0. The molecule has 216 valence electrons. The molecule has 0 aliphatic heterocycles. The van der Waals surface area contributed by atoms with Crippen LogP contribution in [0.25, 0.3) is 21.9 Å². The Balaban J connectivity index is 1.26. The van der Waals surface area contributed by atoms with Crippen LogP contribution in [-0.4, -0.2) is 36.4 Å². The number of fused-ring (bicyclic) bond motifs is 4. The van der Waals surface area contributed by atoms with E-state index in [4.69, 9.17) is 14.3 Å². The molecule has 0 spiro atoms. The lowest BCUT2D eigenvalue weighted by atomic mass is 9.98. The number of ether oxygens (including phenoxy) is 2. The van der Waals surface area contributed by atoms with Crippen LogP contribution in [0.4, 0.5) is 9.59 Å². The molecule has 0 fully saturated rings. The van der Waals surface area contributed by atoms with Gasteiger partial charge in [0.1, 0.15) is 18.2 Å². The maximum Gasteiger partial charge on any atom is 0.529 e. The van der Waals surface area contributed by atoms with Gasteiger partial charge in [-0.05, 0) is 59.4 Å². The Labute approximate surface area is 244 Å². The fourth-order valence-electron chi connectivity index (χ4n) is 5.07. The molecule has 0 radical (unpaired) electrons. The zero-order valence-corrected chi connectivity index (χ0v) is 23.7. The van der Waals surface area contributed by atoms with E-state index in [2.05, 4.69) is 28.5 Å². The maximum absolute atomic E-state index is 13.1. The molecule has 3 N–H and O–H groups in total. The topological polar surface area (TPSA) is 115 Å². The molecular weight excluding hydrogens is 534 g/mol. The third kappa shape index (κ3) is 6.87. The van der Waals surface area contributed by atoms with Crippen molar-refractivity contribution in [1.29, 1.82) is 0 Å². The van der Waals surface area contributed by atoms with Crippen molar-refractivity contribution in [2.45, 2.75) is 44.8 Å². The molecule has 1 aliphatic rings. The van der Waals surface area contributed by atoms with Crippen LogP contribution in [0.3, 0.4) is 0 Å². The van der Waals surface area contributed by atoms with Gasteiger partial charge in [-0.1, -0.05) is 96.6 Å². The largest absolute Gasteiger partial charge is 0.529 e. The van der Waals surface area contributed by atoms with Gasteiger partial charge in [0, 0.05) is 12.3 Å². The van der Waals surface area contributed by atoms with Crippen molar-refractivity contribution in [1.82, 2.24) is 16.3 Å². The molecule has 1 atom stereocenters. The Morgan fingerprint density at radius 3 is 2.10 bits per heavy atom. The predicted molar refractivity (Wildman–Crippen MR) is 158 cm³/mol. The number of carbonyl (C=O) groups excluding carboxylic acids is 3. The van der Waals surface area contributed by atoms with Crippen molar-refractivity contribution in [2.75, 3.05) is 6.61 Å². The predicted octanol–water partition coefficient (Wildman–Crippen LogP) is 5.78. The smallest absolute Gasteiger partial charge is 0.449 e. The number of amides is 2. The van der Waals surface area contributed by atoms with Crippen LogP contribution in [0.2, 0.25) is 0 Å². The molecule has 4 aromatic carbocycles. The summed E-state index contributed by atoms with van der Waals surface area (Å²) in [5.41, 5.74) is 8.86. The van der Waals surface area contributed by atoms with Gasteiger partial charge in [-0.2, -0.15) is 0 Å². The van der Waals surface area contributed by atoms with E-state index < -0.39 is 29.8 Å². The zero-order chi connectivity index (χ0) is 29.7. The first kappa shape index (κ1) is 28.6. The second kappa shape index (κ2) is 12.3. The van der Waals surface area contributed by atoms with Gasteiger partial charge < -0.3 is 19.6 Å². The molecule has 0 bridgehead atoms. The van der Waals surface area contributed by atoms with E-state index >= 15 is 0 Å². The highest BCUT2D eigenvalue weighted by molar-refractivity contribution is 5.87. The minimum absolute atomic E-state index is 0.101. The lowest BCUT2D eigenvalue weighted by Crippen LogP contribution is -2.52. The van der Waals surface area contributed by atoms with Gasteiger partial charge in [0.2, 0.25) is 0 Å². The molecule has 0 unspecified atom stereocenters. The highest BCUT2D eigenvalue weighted by Gasteiger charge is 2.30. The maximum atomic E-state index is 13.1. The van der Waals surface area contributed by atoms with Crippen LogP contribution in [-0.2, 0) is 25.5 Å². The Morgan fingerprint density at radius 2 is 1.43 bits per heavy atom. The van der Waals surface area contributed by atoms with Crippen molar-refractivity contribution in [2.24, 2.45) is 0 Å². The van der Waals surface area contributed by atoms with E-state index in [0.29, 0.717) is 0 Å². The zero-order valence-electron chi connectivity index (χ0n) is 23.7. The molecule has 9 heteroatoms. The molecular formula is C33H33N3O6. The summed E-state index contributed by atoms with van der Waals surface area (Å²) in [4.78, 5) is 42.8. The van der Waals surface area contributed by atoms with E-state index in [0.717, 1.165) is 38.6 Å². The van der Waals surface area contributed by atoms with Crippen molar-refractivity contribution >= 4 is 28.9 Å². The highest BCUT2D eigenvalue weighted by Crippen LogP contribution is 2.44. The van der Waals surface area contributed by atoms with Gasteiger partial charge in [-0.15, -0.1) is 0 Å². The number of benzene rings is 4. The van der Waals surface area contributed by atoms with Gasteiger partial charge in [-0.3, -0.25) is 10.2 Å². The lowest BCUT2D eigenvalue weighted by molar-refractivity contribution is -0.128. The third-order valence-corrected chi connectivity index (χ3v) is 6.90. The monoisotopic (exact) mass is 567 g/mol. The van der Waals surface area contributed by atoms with Crippen LogP contribution in [0.1, 0.15) is 43.4 Å². The molecule has 1 aliphatic carbocycles. The first-order valence-electron chi connectivity index (χ1n) is 13.7. The summed E-state index contributed by atoms with van der Waals surface area (Å²) in [5.74, 6) is -0.764. The molecule has 0 heterocycles. The SMILES string of the molecule is CC(C)(C)OC(=O)ONNC(=O)[C@H](Cc1ccc2ccccc2c1)NC(=O)OCC1c2ccccc2-c2ccccc21. The Hall–Kier alpha value is -4.89. The van der Waals surface area contributed by atoms with E-state index in [1.165, 1.54) is 0 Å².